The van der Waals surface area contributed by atoms with E-state index in [-0.39, 0.29) is 17.2 Å². The number of piperidine rings is 1. The number of hydrogen-bond donors (Lipinski definition) is 1. The SMILES string of the molecule is CCN1CCC2(CC1)OC[C@H](C(=O)O)N2C(=O)c1ccc(Cl)cc1F. The third kappa shape index (κ3) is 3.23. The van der Waals surface area contributed by atoms with E-state index in [4.69, 9.17) is 16.3 Å². The molecule has 0 radical (unpaired) electrons. The van der Waals surface area contributed by atoms with E-state index in [1.165, 1.54) is 17.0 Å². The molecule has 2 aliphatic rings. The number of hydrogen-bond acceptors (Lipinski definition) is 4. The van der Waals surface area contributed by atoms with Crippen LogP contribution in [0.1, 0.15) is 30.1 Å². The van der Waals surface area contributed by atoms with Crippen LogP contribution in [-0.2, 0) is 9.53 Å². The van der Waals surface area contributed by atoms with Crippen LogP contribution in [0.15, 0.2) is 18.2 Å². The van der Waals surface area contributed by atoms with Crippen molar-refractivity contribution >= 4 is 23.5 Å². The normalized spacial score (nSPS) is 23.2. The Kier molecular flexibility index (Phi) is 4.99. The second-order valence-electron chi connectivity index (χ2n) is 6.34. The molecule has 8 heteroatoms. The van der Waals surface area contributed by atoms with Crippen molar-refractivity contribution in [3.05, 3.63) is 34.6 Å². The number of rotatable bonds is 3. The highest BCUT2D eigenvalue weighted by atomic mass is 35.5. The van der Waals surface area contributed by atoms with Gasteiger partial charge in [0.15, 0.2) is 6.04 Å². The molecule has 1 amide bonds. The summed E-state index contributed by atoms with van der Waals surface area (Å²) in [6.07, 6.45) is 0.983. The molecule has 2 fully saturated rings. The quantitative estimate of drug-likeness (QED) is 0.883. The molecule has 1 spiro atoms. The van der Waals surface area contributed by atoms with Crippen LogP contribution in [0.5, 0.6) is 0 Å². The van der Waals surface area contributed by atoms with Gasteiger partial charge in [0, 0.05) is 31.0 Å². The van der Waals surface area contributed by atoms with Crippen LogP contribution in [0.4, 0.5) is 4.39 Å². The number of ether oxygens (including phenoxy) is 1. The lowest BCUT2D eigenvalue weighted by Crippen LogP contribution is -2.58. The predicted molar refractivity (Wildman–Crippen MR) is 89.0 cm³/mol. The summed E-state index contributed by atoms with van der Waals surface area (Å²) < 4.78 is 20.0. The zero-order valence-corrected chi connectivity index (χ0v) is 14.6. The highest BCUT2D eigenvalue weighted by Gasteiger charge is 2.54. The highest BCUT2D eigenvalue weighted by Crippen LogP contribution is 2.38. The summed E-state index contributed by atoms with van der Waals surface area (Å²) >= 11 is 5.75. The van der Waals surface area contributed by atoms with Crippen molar-refractivity contribution in [2.24, 2.45) is 0 Å². The maximum atomic E-state index is 14.2. The fourth-order valence-electron chi connectivity index (χ4n) is 3.57. The first kappa shape index (κ1) is 18.1. The van der Waals surface area contributed by atoms with Gasteiger partial charge < -0.3 is 14.7 Å². The number of carbonyl (C=O) groups is 2. The zero-order chi connectivity index (χ0) is 18.2. The van der Waals surface area contributed by atoms with Crippen molar-refractivity contribution in [1.82, 2.24) is 9.80 Å². The van der Waals surface area contributed by atoms with Crippen LogP contribution in [0.3, 0.4) is 0 Å². The van der Waals surface area contributed by atoms with Crippen molar-refractivity contribution in [2.75, 3.05) is 26.2 Å². The Balaban J connectivity index is 1.95. The molecule has 0 aliphatic carbocycles. The number of carbonyl (C=O) groups excluding carboxylic acids is 1. The Morgan fingerprint density at radius 1 is 1.40 bits per heavy atom. The molecule has 1 atom stereocenters. The van der Waals surface area contributed by atoms with Gasteiger partial charge in [-0.15, -0.1) is 0 Å². The van der Waals surface area contributed by atoms with E-state index in [2.05, 4.69) is 4.90 Å². The van der Waals surface area contributed by atoms with Crippen LogP contribution in [0.2, 0.25) is 5.02 Å². The smallest absolute Gasteiger partial charge is 0.328 e. The number of carboxylic acid groups (broad SMARTS) is 1. The zero-order valence-electron chi connectivity index (χ0n) is 13.9. The van der Waals surface area contributed by atoms with Crippen molar-refractivity contribution in [1.29, 1.82) is 0 Å². The standard InChI is InChI=1S/C17H20ClFN2O4/c1-2-20-7-5-17(6-8-20)21(14(10-25-17)16(23)24)15(22)12-4-3-11(18)9-13(12)19/h3-4,9,14H,2,5-8,10H2,1H3,(H,23,24)/t14-/m1/s1. The lowest BCUT2D eigenvalue weighted by molar-refractivity contribution is -0.143. The van der Waals surface area contributed by atoms with Gasteiger partial charge >= 0.3 is 5.97 Å². The first-order valence-corrected chi connectivity index (χ1v) is 8.63. The Labute approximate surface area is 150 Å². The average Bonchev–Trinajstić information content (AvgIpc) is 2.94. The number of benzene rings is 1. The molecule has 2 aliphatic heterocycles. The van der Waals surface area contributed by atoms with E-state index in [0.29, 0.717) is 25.9 Å². The van der Waals surface area contributed by atoms with E-state index >= 15 is 0 Å². The molecule has 25 heavy (non-hydrogen) atoms. The number of carboxylic acids is 1. The average molecular weight is 371 g/mol. The van der Waals surface area contributed by atoms with Crippen LogP contribution < -0.4 is 0 Å². The third-order valence-electron chi connectivity index (χ3n) is 5.01. The van der Waals surface area contributed by atoms with Crippen molar-refractivity contribution in [3.8, 4) is 0 Å². The Morgan fingerprint density at radius 3 is 2.64 bits per heavy atom. The van der Waals surface area contributed by atoms with Crippen LogP contribution >= 0.6 is 11.6 Å². The van der Waals surface area contributed by atoms with Gasteiger partial charge in [-0.2, -0.15) is 0 Å². The van der Waals surface area contributed by atoms with E-state index in [1.54, 1.807) is 0 Å². The summed E-state index contributed by atoms with van der Waals surface area (Å²) in [6.45, 7) is 4.20. The monoisotopic (exact) mass is 370 g/mol. The minimum absolute atomic E-state index is 0.0948. The molecule has 2 saturated heterocycles. The molecule has 0 saturated carbocycles. The van der Waals surface area contributed by atoms with Crippen molar-refractivity contribution < 1.29 is 23.8 Å². The molecule has 136 valence electrons. The summed E-state index contributed by atoms with van der Waals surface area (Å²) in [7, 11) is 0. The topological polar surface area (TPSA) is 70.1 Å². The molecular weight excluding hydrogens is 351 g/mol. The highest BCUT2D eigenvalue weighted by molar-refractivity contribution is 6.30. The molecule has 1 aromatic carbocycles. The van der Waals surface area contributed by atoms with Gasteiger partial charge in [0.1, 0.15) is 11.5 Å². The summed E-state index contributed by atoms with van der Waals surface area (Å²) in [6, 6.07) is 2.62. The molecular formula is C17H20ClFN2O4. The first-order valence-electron chi connectivity index (χ1n) is 8.26. The lowest BCUT2D eigenvalue weighted by atomic mass is 9.96. The fraction of sp³-hybridized carbons (Fsp3) is 0.529. The maximum absolute atomic E-state index is 14.2. The van der Waals surface area contributed by atoms with E-state index < -0.39 is 29.5 Å². The first-order chi connectivity index (χ1) is 11.9. The second kappa shape index (κ2) is 6.90. The van der Waals surface area contributed by atoms with Gasteiger partial charge in [-0.25, -0.2) is 9.18 Å². The van der Waals surface area contributed by atoms with Gasteiger partial charge in [-0.1, -0.05) is 18.5 Å². The molecule has 6 nitrogen and oxygen atoms in total. The molecule has 1 aromatic rings. The van der Waals surface area contributed by atoms with E-state index in [0.717, 1.165) is 12.6 Å². The lowest BCUT2D eigenvalue weighted by Gasteiger charge is -2.44. The predicted octanol–water partition coefficient (Wildman–Crippen LogP) is 2.22. The second-order valence-corrected chi connectivity index (χ2v) is 6.78. The molecule has 0 aromatic heterocycles. The Hall–Kier alpha value is -1.70. The van der Waals surface area contributed by atoms with Crippen molar-refractivity contribution in [2.45, 2.75) is 31.5 Å². The maximum Gasteiger partial charge on any atom is 0.328 e. The number of aliphatic carboxylic acids is 1. The van der Waals surface area contributed by atoms with Crippen LogP contribution in [-0.4, -0.2) is 64.8 Å². The summed E-state index contributed by atoms with van der Waals surface area (Å²) in [4.78, 5) is 28.1. The van der Waals surface area contributed by atoms with Gasteiger partial charge in [0.25, 0.3) is 5.91 Å². The third-order valence-corrected chi connectivity index (χ3v) is 5.25. The molecule has 0 unspecified atom stereocenters. The number of likely N-dealkylation sites (tertiary alicyclic amines) is 1. The van der Waals surface area contributed by atoms with E-state index in [9.17, 15) is 19.1 Å². The molecule has 1 N–H and O–H groups in total. The number of halogens is 2. The number of amides is 1. The summed E-state index contributed by atoms with van der Waals surface area (Å²) in [5.74, 6) is -2.60. The van der Waals surface area contributed by atoms with Gasteiger partial charge in [0.2, 0.25) is 0 Å². The minimum Gasteiger partial charge on any atom is -0.480 e. The summed E-state index contributed by atoms with van der Waals surface area (Å²) in [5.41, 5.74) is -1.20. The number of nitrogens with zero attached hydrogens (tertiary/aromatic N) is 2. The van der Waals surface area contributed by atoms with Gasteiger partial charge in [-0.05, 0) is 24.7 Å². The summed E-state index contributed by atoms with van der Waals surface area (Å²) in [5, 5.41) is 9.68. The van der Waals surface area contributed by atoms with Gasteiger partial charge in [-0.3, -0.25) is 9.69 Å². The van der Waals surface area contributed by atoms with Crippen LogP contribution in [0, 0.1) is 5.82 Å². The molecule has 2 heterocycles. The largest absolute Gasteiger partial charge is 0.480 e. The Morgan fingerprint density at radius 2 is 2.08 bits per heavy atom. The van der Waals surface area contributed by atoms with Gasteiger partial charge in [0.05, 0.1) is 12.2 Å². The minimum atomic E-state index is -1.16. The van der Waals surface area contributed by atoms with Crippen molar-refractivity contribution in [3.63, 3.8) is 0 Å². The van der Waals surface area contributed by atoms with Crippen LogP contribution in [0.25, 0.3) is 0 Å². The Bertz CT molecular complexity index is 691. The fourth-order valence-corrected chi connectivity index (χ4v) is 3.73. The molecule has 0 bridgehead atoms. The van der Waals surface area contributed by atoms with E-state index in [1.807, 2.05) is 6.92 Å². The molecule has 3 rings (SSSR count).